The first-order valence-electron chi connectivity index (χ1n) is 8.54. The number of benzene rings is 2. The maximum atomic E-state index is 13.8. The van der Waals surface area contributed by atoms with E-state index in [1.54, 1.807) is 30.1 Å². The molecule has 3 rings (SSSR count). The lowest BCUT2D eigenvalue weighted by molar-refractivity contribution is -0.127. The van der Waals surface area contributed by atoms with E-state index in [0.717, 1.165) is 5.56 Å². The third-order valence-electron chi connectivity index (χ3n) is 4.25. The maximum Gasteiger partial charge on any atom is 0.233 e. The zero-order valence-electron chi connectivity index (χ0n) is 15.5. The summed E-state index contributed by atoms with van der Waals surface area (Å²) in [6.07, 6.45) is 0. The van der Waals surface area contributed by atoms with Crippen molar-refractivity contribution in [2.45, 2.75) is 25.5 Å². The largest absolute Gasteiger partial charge is 0.341 e. The predicted octanol–water partition coefficient (Wildman–Crippen LogP) is 3.98. The molecule has 0 spiro atoms. The summed E-state index contributed by atoms with van der Waals surface area (Å²) in [5.74, 6) is 0.189. The van der Waals surface area contributed by atoms with Gasteiger partial charge in [-0.2, -0.15) is 0 Å². The van der Waals surface area contributed by atoms with E-state index in [-0.39, 0.29) is 17.5 Å². The molecule has 2 aromatic carbocycles. The Morgan fingerprint density at radius 2 is 2.00 bits per heavy atom. The van der Waals surface area contributed by atoms with Gasteiger partial charge < -0.3 is 4.90 Å². The Labute approximate surface area is 162 Å². The number of hydrogen-bond acceptors (Lipinski definition) is 4. The first-order valence-corrected chi connectivity index (χ1v) is 9.53. The van der Waals surface area contributed by atoms with Gasteiger partial charge in [0.25, 0.3) is 0 Å². The number of carbonyl (C=O) groups excluding carboxylic acids is 1. The summed E-state index contributed by atoms with van der Waals surface area (Å²) in [6.45, 7) is 4.65. The zero-order valence-corrected chi connectivity index (χ0v) is 16.3. The van der Waals surface area contributed by atoms with E-state index in [4.69, 9.17) is 0 Å². The highest BCUT2D eigenvalue weighted by Crippen LogP contribution is 2.22. The van der Waals surface area contributed by atoms with Gasteiger partial charge in [-0.3, -0.25) is 9.89 Å². The Bertz CT molecular complexity index is 957. The molecular weight excluding hydrogens is 363 g/mol. The number of nitrogens with one attached hydrogen (secondary N) is 1. The van der Waals surface area contributed by atoms with E-state index in [1.807, 2.05) is 13.0 Å². The van der Waals surface area contributed by atoms with Crippen LogP contribution < -0.4 is 0 Å². The Morgan fingerprint density at radius 1 is 1.22 bits per heavy atom. The zero-order chi connectivity index (χ0) is 19.4. The van der Waals surface area contributed by atoms with Gasteiger partial charge in [0.1, 0.15) is 5.82 Å². The summed E-state index contributed by atoms with van der Waals surface area (Å²) in [5, 5.41) is 7.20. The molecule has 7 heteroatoms. The molecule has 0 saturated heterocycles. The summed E-state index contributed by atoms with van der Waals surface area (Å²) < 4.78 is 13.8. The second-order valence-electron chi connectivity index (χ2n) is 6.41. The van der Waals surface area contributed by atoms with Gasteiger partial charge in [0.15, 0.2) is 5.82 Å². The maximum absolute atomic E-state index is 13.8. The minimum Gasteiger partial charge on any atom is -0.341 e. The van der Waals surface area contributed by atoms with E-state index >= 15 is 0 Å². The molecule has 0 aliphatic rings. The number of thioether (sulfide) groups is 1. The van der Waals surface area contributed by atoms with Crippen LogP contribution in [0.25, 0.3) is 11.4 Å². The van der Waals surface area contributed by atoms with Crippen molar-refractivity contribution in [3.63, 3.8) is 0 Å². The lowest BCUT2D eigenvalue weighted by Crippen LogP contribution is -2.28. The van der Waals surface area contributed by atoms with Crippen LogP contribution in [0.2, 0.25) is 0 Å². The number of aromatic nitrogens is 3. The summed E-state index contributed by atoms with van der Waals surface area (Å²) in [5.41, 5.74) is 3.86. The second kappa shape index (κ2) is 8.35. The monoisotopic (exact) mass is 384 g/mol. The third kappa shape index (κ3) is 4.74. The molecule has 0 fully saturated rings. The van der Waals surface area contributed by atoms with E-state index in [0.29, 0.717) is 23.1 Å². The number of nitrogens with zero attached hydrogens (tertiary/aromatic N) is 3. The molecule has 0 radical (unpaired) electrons. The van der Waals surface area contributed by atoms with Crippen LogP contribution in [0.3, 0.4) is 0 Å². The second-order valence-corrected chi connectivity index (χ2v) is 7.36. The number of hydrogen-bond donors (Lipinski definition) is 1. The molecule has 1 heterocycles. The van der Waals surface area contributed by atoms with Crippen molar-refractivity contribution in [2.75, 3.05) is 12.8 Å². The lowest BCUT2D eigenvalue weighted by atomic mass is 10.1. The van der Waals surface area contributed by atoms with Gasteiger partial charge in [-0.25, -0.2) is 9.37 Å². The van der Waals surface area contributed by atoms with Crippen LogP contribution in [0.4, 0.5) is 4.39 Å². The number of aryl methyl sites for hydroxylation is 2. The standard InChI is InChI=1S/C20H21FN4OS/c1-13-8-9-15(14(2)10-13)11-25(3)18(26)12-27-20-22-19(23-24-20)16-6-4-5-7-17(16)21/h4-10H,11-12H2,1-3H3,(H,22,23,24). The SMILES string of the molecule is Cc1ccc(CN(C)C(=O)CSc2n[nH]c(-c3ccccc3F)n2)c(C)c1. The Balaban J connectivity index is 1.58. The average Bonchev–Trinajstić information content (AvgIpc) is 3.11. The van der Waals surface area contributed by atoms with Gasteiger partial charge in [0, 0.05) is 13.6 Å². The van der Waals surface area contributed by atoms with Gasteiger partial charge >= 0.3 is 0 Å². The summed E-state index contributed by atoms with van der Waals surface area (Å²) >= 11 is 1.23. The van der Waals surface area contributed by atoms with Crippen LogP contribution in [-0.2, 0) is 11.3 Å². The van der Waals surface area contributed by atoms with Crippen LogP contribution in [0.5, 0.6) is 0 Å². The molecular formula is C20H21FN4OS. The predicted molar refractivity (Wildman–Crippen MR) is 105 cm³/mol. The highest BCUT2D eigenvalue weighted by molar-refractivity contribution is 7.99. The van der Waals surface area contributed by atoms with Crippen LogP contribution >= 0.6 is 11.8 Å². The van der Waals surface area contributed by atoms with Crippen molar-refractivity contribution in [2.24, 2.45) is 0 Å². The van der Waals surface area contributed by atoms with E-state index < -0.39 is 0 Å². The lowest BCUT2D eigenvalue weighted by Gasteiger charge is -2.18. The summed E-state index contributed by atoms with van der Waals surface area (Å²) in [7, 11) is 1.78. The number of halogens is 1. The molecule has 0 saturated carbocycles. The highest BCUT2D eigenvalue weighted by Gasteiger charge is 2.14. The number of H-pyrrole nitrogens is 1. The van der Waals surface area contributed by atoms with E-state index in [2.05, 4.69) is 34.2 Å². The first-order chi connectivity index (χ1) is 12.9. The number of aromatic amines is 1. The fourth-order valence-electron chi connectivity index (χ4n) is 2.69. The topological polar surface area (TPSA) is 61.9 Å². The summed E-state index contributed by atoms with van der Waals surface area (Å²) in [6, 6.07) is 12.6. The summed E-state index contributed by atoms with van der Waals surface area (Å²) in [4.78, 5) is 18.4. The molecule has 1 N–H and O–H groups in total. The van der Waals surface area contributed by atoms with Gasteiger partial charge in [0.2, 0.25) is 11.1 Å². The van der Waals surface area contributed by atoms with Crippen LogP contribution in [0.1, 0.15) is 16.7 Å². The molecule has 0 aliphatic carbocycles. The van der Waals surface area contributed by atoms with Gasteiger partial charge in [-0.1, -0.05) is 47.7 Å². The quantitative estimate of drug-likeness (QED) is 0.653. The highest BCUT2D eigenvalue weighted by atomic mass is 32.2. The number of amides is 1. The minimum atomic E-state index is -0.366. The van der Waals surface area contributed by atoms with Gasteiger partial charge in [-0.05, 0) is 37.1 Å². The molecule has 0 bridgehead atoms. The van der Waals surface area contributed by atoms with E-state index in [9.17, 15) is 9.18 Å². The fourth-order valence-corrected chi connectivity index (χ4v) is 3.43. The molecule has 0 unspecified atom stereocenters. The normalized spacial score (nSPS) is 10.8. The van der Waals surface area contributed by atoms with E-state index in [1.165, 1.54) is 29.0 Å². The number of carbonyl (C=O) groups is 1. The third-order valence-corrected chi connectivity index (χ3v) is 5.08. The Hall–Kier alpha value is -2.67. The van der Waals surface area contributed by atoms with Crippen LogP contribution in [0, 0.1) is 19.7 Å². The molecule has 1 aromatic heterocycles. The molecule has 0 aliphatic heterocycles. The molecule has 3 aromatic rings. The number of rotatable bonds is 6. The Morgan fingerprint density at radius 3 is 2.74 bits per heavy atom. The van der Waals surface area contributed by atoms with Crippen molar-refractivity contribution in [3.05, 3.63) is 65.0 Å². The van der Waals surface area contributed by atoms with Crippen molar-refractivity contribution >= 4 is 17.7 Å². The first kappa shape index (κ1) is 19.1. The van der Waals surface area contributed by atoms with Crippen molar-refractivity contribution in [1.82, 2.24) is 20.1 Å². The minimum absolute atomic E-state index is 0.0165. The molecule has 27 heavy (non-hydrogen) atoms. The fraction of sp³-hybridized carbons (Fsp3) is 0.250. The molecule has 1 amide bonds. The molecule has 140 valence electrons. The van der Waals surface area contributed by atoms with Crippen LogP contribution in [-0.4, -0.2) is 38.8 Å². The molecule has 5 nitrogen and oxygen atoms in total. The smallest absolute Gasteiger partial charge is 0.233 e. The van der Waals surface area contributed by atoms with Gasteiger partial charge in [-0.15, -0.1) is 5.10 Å². The van der Waals surface area contributed by atoms with Crippen molar-refractivity contribution in [3.8, 4) is 11.4 Å². The van der Waals surface area contributed by atoms with Crippen molar-refractivity contribution in [1.29, 1.82) is 0 Å². The Kier molecular flexibility index (Phi) is 5.91. The van der Waals surface area contributed by atoms with Crippen LogP contribution in [0.15, 0.2) is 47.6 Å². The molecule has 0 atom stereocenters. The van der Waals surface area contributed by atoms with Gasteiger partial charge in [0.05, 0.1) is 11.3 Å². The average molecular weight is 384 g/mol. The van der Waals surface area contributed by atoms with Crippen molar-refractivity contribution < 1.29 is 9.18 Å².